The molecule has 2 nitrogen and oxygen atoms in total. The zero-order chi connectivity index (χ0) is 9.35. The molecule has 0 unspecified atom stereocenters. The van der Waals surface area contributed by atoms with Gasteiger partial charge < -0.3 is 0 Å². The lowest BCUT2D eigenvalue weighted by molar-refractivity contribution is 0.577. The summed E-state index contributed by atoms with van der Waals surface area (Å²) >= 11 is 0. The van der Waals surface area contributed by atoms with Crippen LogP contribution in [0.3, 0.4) is 0 Å². The highest BCUT2D eigenvalue weighted by atomic mass is 15.3. The van der Waals surface area contributed by atoms with Gasteiger partial charge in [0, 0.05) is 12.2 Å². The summed E-state index contributed by atoms with van der Waals surface area (Å²) in [5.74, 6) is 0. The third kappa shape index (κ3) is 1.52. The monoisotopic (exact) mass is 166 g/mol. The van der Waals surface area contributed by atoms with Crippen molar-refractivity contribution in [1.82, 2.24) is 9.78 Å². The Kier molecular flexibility index (Phi) is 2.27. The summed E-state index contributed by atoms with van der Waals surface area (Å²) in [6.45, 7) is 11.9. The quantitative estimate of drug-likeness (QED) is 0.626. The number of rotatable bonds is 1. The van der Waals surface area contributed by atoms with Gasteiger partial charge in [-0.25, -0.2) is 0 Å². The van der Waals surface area contributed by atoms with Crippen molar-refractivity contribution in [2.45, 2.75) is 46.6 Å². The maximum Gasteiger partial charge on any atom is 0.0529 e. The molecule has 2 heteroatoms. The fraction of sp³-hybridized carbons (Fsp3) is 0.700. The van der Waals surface area contributed by atoms with Crippen molar-refractivity contribution in [2.24, 2.45) is 0 Å². The average molecular weight is 166 g/mol. The van der Waals surface area contributed by atoms with E-state index in [0.29, 0.717) is 0 Å². The van der Waals surface area contributed by atoms with Crippen molar-refractivity contribution in [3.05, 3.63) is 17.5 Å². The smallest absolute Gasteiger partial charge is 0.0529 e. The van der Waals surface area contributed by atoms with E-state index in [9.17, 15) is 0 Å². The summed E-state index contributed by atoms with van der Waals surface area (Å²) in [6, 6.07) is 0. The molecule has 0 bridgehead atoms. The van der Waals surface area contributed by atoms with Gasteiger partial charge >= 0.3 is 0 Å². The van der Waals surface area contributed by atoms with Gasteiger partial charge in [-0.3, -0.25) is 4.68 Å². The number of aryl methyl sites for hydroxylation is 1. The summed E-state index contributed by atoms with van der Waals surface area (Å²) in [6.07, 6.45) is 1.98. The molecule has 0 amide bonds. The summed E-state index contributed by atoms with van der Waals surface area (Å²) < 4.78 is 2.04. The SMILES string of the molecule is CCn1ncc(C(C)(C)C)c1C. The molecule has 0 aliphatic heterocycles. The molecule has 0 aromatic carbocycles. The van der Waals surface area contributed by atoms with E-state index in [2.05, 4.69) is 39.7 Å². The molecule has 0 atom stereocenters. The molecule has 0 spiro atoms. The molecule has 68 valence electrons. The van der Waals surface area contributed by atoms with E-state index in [-0.39, 0.29) is 5.41 Å². The average Bonchev–Trinajstić information content (AvgIpc) is 2.29. The van der Waals surface area contributed by atoms with E-state index >= 15 is 0 Å². The van der Waals surface area contributed by atoms with E-state index in [1.54, 1.807) is 0 Å². The molecule has 1 rings (SSSR count). The first kappa shape index (κ1) is 9.30. The van der Waals surface area contributed by atoms with Gasteiger partial charge in [0.15, 0.2) is 0 Å². The summed E-state index contributed by atoms with van der Waals surface area (Å²) in [4.78, 5) is 0. The molecule has 0 aliphatic carbocycles. The van der Waals surface area contributed by atoms with Gasteiger partial charge in [-0.2, -0.15) is 5.10 Å². The summed E-state index contributed by atoms with van der Waals surface area (Å²) in [7, 11) is 0. The summed E-state index contributed by atoms with van der Waals surface area (Å²) in [5.41, 5.74) is 2.87. The number of hydrogen-bond donors (Lipinski definition) is 0. The Bertz CT molecular complexity index is 266. The lowest BCUT2D eigenvalue weighted by Crippen LogP contribution is -2.12. The lowest BCUT2D eigenvalue weighted by Gasteiger charge is -2.17. The van der Waals surface area contributed by atoms with Crippen molar-refractivity contribution in [2.75, 3.05) is 0 Å². The minimum Gasteiger partial charge on any atom is -0.270 e. The Balaban J connectivity index is 3.11. The normalized spacial score (nSPS) is 12.1. The van der Waals surface area contributed by atoms with Gasteiger partial charge in [0.1, 0.15) is 0 Å². The van der Waals surface area contributed by atoms with Gasteiger partial charge in [-0.1, -0.05) is 20.8 Å². The largest absolute Gasteiger partial charge is 0.270 e. The molecule has 0 N–H and O–H groups in total. The first-order valence-electron chi connectivity index (χ1n) is 4.49. The number of aromatic nitrogens is 2. The predicted molar refractivity (Wildman–Crippen MR) is 51.3 cm³/mol. The van der Waals surface area contributed by atoms with Crippen LogP contribution in [0.15, 0.2) is 6.20 Å². The fourth-order valence-electron chi connectivity index (χ4n) is 1.50. The van der Waals surface area contributed by atoms with Crippen LogP contribution in [-0.4, -0.2) is 9.78 Å². The Hall–Kier alpha value is -0.790. The second kappa shape index (κ2) is 2.92. The Morgan fingerprint density at radius 1 is 1.42 bits per heavy atom. The molecule has 1 aromatic heterocycles. The zero-order valence-electron chi connectivity index (χ0n) is 8.68. The topological polar surface area (TPSA) is 17.8 Å². The lowest BCUT2D eigenvalue weighted by atomic mass is 9.88. The first-order valence-corrected chi connectivity index (χ1v) is 4.49. The highest BCUT2D eigenvalue weighted by Gasteiger charge is 2.18. The van der Waals surface area contributed by atoms with Crippen molar-refractivity contribution in [3.63, 3.8) is 0 Å². The molecule has 1 aromatic rings. The molecule has 0 aliphatic rings. The van der Waals surface area contributed by atoms with Crippen LogP contribution in [0, 0.1) is 6.92 Å². The van der Waals surface area contributed by atoms with Gasteiger partial charge in [0.25, 0.3) is 0 Å². The Labute approximate surface area is 74.6 Å². The Morgan fingerprint density at radius 3 is 2.25 bits per heavy atom. The van der Waals surface area contributed by atoms with Gasteiger partial charge in [0.2, 0.25) is 0 Å². The van der Waals surface area contributed by atoms with E-state index in [1.165, 1.54) is 11.3 Å². The van der Waals surface area contributed by atoms with Crippen LogP contribution in [0.2, 0.25) is 0 Å². The first-order chi connectivity index (χ1) is 5.46. The van der Waals surface area contributed by atoms with E-state index in [1.807, 2.05) is 10.9 Å². The second-order valence-corrected chi connectivity index (χ2v) is 4.21. The second-order valence-electron chi connectivity index (χ2n) is 4.21. The van der Waals surface area contributed by atoms with Crippen LogP contribution in [0.25, 0.3) is 0 Å². The van der Waals surface area contributed by atoms with Gasteiger partial charge in [-0.15, -0.1) is 0 Å². The van der Waals surface area contributed by atoms with Gasteiger partial charge in [-0.05, 0) is 24.8 Å². The third-order valence-corrected chi connectivity index (χ3v) is 2.21. The van der Waals surface area contributed by atoms with Crippen LogP contribution in [0.5, 0.6) is 0 Å². The molecule has 0 saturated heterocycles. The highest BCUT2D eigenvalue weighted by Crippen LogP contribution is 2.24. The molecule has 0 fully saturated rings. The standard InChI is InChI=1S/C10H18N2/c1-6-12-8(2)9(7-11-12)10(3,4)5/h7H,6H2,1-5H3. The molecule has 12 heavy (non-hydrogen) atoms. The number of nitrogens with zero attached hydrogens (tertiary/aromatic N) is 2. The number of hydrogen-bond acceptors (Lipinski definition) is 1. The maximum absolute atomic E-state index is 4.32. The van der Waals surface area contributed by atoms with E-state index in [0.717, 1.165) is 6.54 Å². The summed E-state index contributed by atoms with van der Waals surface area (Å²) in [5, 5.41) is 4.32. The highest BCUT2D eigenvalue weighted by molar-refractivity contribution is 5.24. The minimum atomic E-state index is 0.220. The molecule has 1 heterocycles. The molecule has 0 saturated carbocycles. The van der Waals surface area contributed by atoms with Crippen LogP contribution in [-0.2, 0) is 12.0 Å². The fourth-order valence-corrected chi connectivity index (χ4v) is 1.50. The molecular formula is C10H18N2. The van der Waals surface area contributed by atoms with Crippen molar-refractivity contribution < 1.29 is 0 Å². The van der Waals surface area contributed by atoms with Crippen LogP contribution >= 0.6 is 0 Å². The van der Waals surface area contributed by atoms with Crippen molar-refractivity contribution >= 4 is 0 Å². The zero-order valence-corrected chi connectivity index (χ0v) is 8.68. The van der Waals surface area contributed by atoms with Crippen molar-refractivity contribution in [3.8, 4) is 0 Å². The molecular weight excluding hydrogens is 148 g/mol. The van der Waals surface area contributed by atoms with E-state index < -0.39 is 0 Å². The van der Waals surface area contributed by atoms with Crippen LogP contribution in [0.1, 0.15) is 39.0 Å². The van der Waals surface area contributed by atoms with Crippen LogP contribution < -0.4 is 0 Å². The Morgan fingerprint density at radius 2 is 2.00 bits per heavy atom. The predicted octanol–water partition coefficient (Wildman–Crippen LogP) is 2.51. The van der Waals surface area contributed by atoms with Crippen LogP contribution in [0.4, 0.5) is 0 Å². The molecule has 0 radical (unpaired) electrons. The third-order valence-electron chi connectivity index (χ3n) is 2.21. The minimum absolute atomic E-state index is 0.220. The van der Waals surface area contributed by atoms with E-state index in [4.69, 9.17) is 0 Å². The van der Waals surface area contributed by atoms with Gasteiger partial charge in [0.05, 0.1) is 6.20 Å². The van der Waals surface area contributed by atoms with Crippen molar-refractivity contribution in [1.29, 1.82) is 0 Å². The maximum atomic E-state index is 4.32.